The van der Waals surface area contributed by atoms with Crippen LogP contribution >= 0.6 is 11.3 Å². The van der Waals surface area contributed by atoms with Gasteiger partial charge in [0.2, 0.25) is 11.8 Å². The first kappa shape index (κ1) is 15.9. The average molecular weight is 336 g/mol. The number of aryl methyl sites for hydroxylation is 1. The SMILES string of the molecule is Cc1csc([C@H]2CCCN(C(=O)CN3CCC(=O)NC3=O)C2)n1. The molecule has 0 aromatic carbocycles. The number of imide groups is 1. The third-order valence-corrected chi connectivity index (χ3v) is 5.35. The predicted molar refractivity (Wildman–Crippen MR) is 85.1 cm³/mol. The highest BCUT2D eigenvalue weighted by Gasteiger charge is 2.30. The molecule has 1 aromatic rings. The molecule has 1 atom stereocenters. The van der Waals surface area contributed by atoms with Crippen LogP contribution in [0.4, 0.5) is 4.79 Å². The largest absolute Gasteiger partial charge is 0.340 e. The maximum absolute atomic E-state index is 12.5. The van der Waals surface area contributed by atoms with E-state index in [4.69, 9.17) is 0 Å². The van der Waals surface area contributed by atoms with Crippen molar-refractivity contribution in [3.05, 3.63) is 16.1 Å². The van der Waals surface area contributed by atoms with Crippen molar-refractivity contribution in [2.75, 3.05) is 26.2 Å². The summed E-state index contributed by atoms with van der Waals surface area (Å²) in [4.78, 5) is 43.1. The molecule has 4 amide bonds. The molecule has 1 N–H and O–H groups in total. The monoisotopic (exact) mass is 336 g/mol. The van der Waals surface area contributed by atoms with Gasteiger partial charge in [0.15, 0.2) is 0 Å². The molecule has 7 nitrogen and oxygen atoms in total. The van der Waals surface area contributed by atoms with Crippen LogP contribution in [0.3, 0.4) is 0 Å². The molecular formula is C15H20N4O3S. The minimum atomic E-state index is -0.473. The lowest BCUT2D eigenvalue weighted by atomic mass is 9.98. The lowest BCUT2D eigenvalue weighted by molar-refractivity contribution is -0.134. The maximum Gasteiger partial charge on any atom is 0.324 e. The maximum atomic E-state index is 12.5. The molecule has 0 radical (unpaired) electrons. The van der Waals surface area contributed by atoms with Crippen LogP contribution in [0.25, 0.3) is 0 Å². The quantitative estimate of drug-likeness (QED) is 0.896. The number of aromatic nitrogens is 1. The molecule has 0 aliphatic carbocycles. The average Bonchev–Trinajstić information content (AvgIpc) is 2.97. The van der Waals surface area contributed by atoms with E-state index in [1.807, 2.05) is 17.2 Å². The summed E-state index contributed by atoms with van der Waals surface area (Å²) in [5, 5.41) is 5.36. The highest BCUT2D eigenvalue weighted by molar-refractivity contribution is 7.09. The molecule has 2 fully saturated rings. The number of likely N-dealkylation sites (tertiary alicyclic amines) is 1. The minimum absolute atomic E-state index is 0.0305. The first-order chi connectivity index (χ1) is 11.0. The number of piperidine rings is 1. The Bertz CT molecular complexity index is 630. The van der Waals surface area contributed by atoms with Crippen molar-refractivity contribution in [2.24, 2.45) is 0 Å². The molecule has 3 heterocycles. The van der Waals surface area contributed by atoms with Gasteiger partial charge in [0, 0.05) is 43.0 Å². The highest BCUT2D eigenvalue weighted by Crippen LogP contribution is 2.29. The summed E-state index contributed by atoms with van der Waals surface area (Å²) < 4.78 is 0. The number of carbonyl (C=O) groups is 3. The second kappa shape index (κ2) is 6.66. The van der Waals surface area contributed by atoms with Crippen molar-refractivity contribution in [1.29, 1.82) is 0 Å². The summed E-state index contributed by atoms with van der Waals surface area (Å²) >= 11 is 1.65. The van der Waals surface area contributed by atoms with Gasteiger partial charge in [0.05, 0.1) is 5.01 Å². The van der Waals surface area contributed by atoms with Crippen LogP contribution in [0.1, 0.15) is 35.9 Å². The van der Waals surface area contributed by atoms with Gasteiger partial charge in [-0.15, -0.1) is 11.3 Å². The number of nitrogens with one attached hydrogen (secondary N) is 1. The van der Waals surface area contributed by atoms with Crippen LogP contribution in [0.5, 0.6) is 0 Å². The first-order valence-electron chi connectivity index (χ1n) is 7.81. The normalized spacial score (nSPS) is 22.2. The predicted octanol–water partition coefficient (Wildman–Crippen LogP) is 1.10. The number of amides is 4. The van der Waals surface area contributed by atoms with Crippen molar-refractivity contribution in [3.63, 3.8) is 0 Å². The zero-order valence-electron chi connectivity index (χ0n) is 13.1. The van der Waals surface area contributed by atoms with E-state index in [0.29, 0.717) is 19.6 Å². The first-order valence-corrected chi connectivity index (χ1v) is 8.69. The third kappa shape index (κ3) is 3.69. The van der Waals surface area contributed by atoms with Crippen molar-refractivity contribution in [1.82, 2.24) is 20.1 Å². The fourth-order valence-corrected chi connectivity index (χ4v) is 3.90. The van der Waals surface area contributed by atoms with E-state index < -0.39 is 6.03 Å². The minimum Gasteiger partial charge on any atom is -0.340 e. The molecule has 23 heavy (non-hydrogen) atoms. The van der Waals surface area contributed by atoms with Crippen molar-refractivity contribution in [3.8, 4) is 0 Å². The van der Waals surface area contributed by atoms with Gasteiger partial charge in [-0.2, -0.15) is 0 Å². The Morgan fingerprint density at radius 2 is 2.26 bits per heavy atom. The molecule has 8 heteroatoms. The van der Waals surface area contributed by atoms with Crippen molar-refractivity contribution in [2.45, 2.75) is 32.1 Å². The number of thiazole rings is 1. The van der Waals surface area contributed by atoms with Gasteiger partial charge in [0.1, 0.15) is 6.54 Å². The Hall–Kier alpha value is -1.96. The van der Waals surface area contributed by atoms with Crippen molar-refractivity contribution < 1.29 is 14.4 Å². The fraction of sp³-hybridized carbons (Fsp3) is 0.600. The van der Waals surface area contributed by atoms with Gasteiger partial charge in [0.25, 0.3) is 0 Å². The highest BCUT2D eigenvalue weighted by atomic mass is 32.1. The van der Waals surface area contributed by atoms with Gasteiger partial charge in [-0.25, -0.2) is 9.78 Å². The molecule has 2 aliphatic heterocycles. The number of rotatable bonds is 3. The number of nitrogens with zero attached hydrogens (tertiary/aromatic N) is 3. The summed E-state index contributed by atoms with van der Waals surface area (Å²) in [6, 6.07) is -0.473. The number of urea groups is 1. The second-order valence-electron chi connectivity index (χ2n) is 6.03. The molecule has 2 saturated heterocycles. The Balaban J connectivity index is 1.59. The lowest BCUT2D eigenvalue weighted by Gasteiger charge is -2.34. The van der Waals surface area contributed by atoms with E-state index >= 15 is 0 Å². The zero-order valence-corrected chi connectivity index (χ0v) is 13.9. The van der Waals surface area contributed by atoms with E-state index in [-0.39, 0.29) is 30.7 Å². The molecule has 0 spiro atoms. The summed E-state index contributed by atoms with van der Waals surface area (Å²) in [7, 11) is 0. The van der Waals surface area contributed by atoms with Gasteiger partial charge >= 0.3 is 6.03 Å². The molecule has 0 saturated carbocycles. The van der Waals surface area contributed by atoms with Crippen molar-refractivity contribution >= 4 is 29.2 Å². The zero-order chi connectivity index (χ0) is 16.4. The van der Waals surface area contributed by atoms with Crippen LogP contribution in [0.2, 0.25) is 0 Å². The van der Waals surface area contributed by atoms with E-state index in [9.17, 15) is 14.4 Å². The van der Waals surface area contributed by atoms with Crippen LogP contribution in [-0.4, -0.2) is 58.8 Å². The molecule has 0 bridgehead atoms. The van der Waals surface area contributed by atoms with Gasteiger partial charge < -0.3 is 9.80 Å². The second-order valence-corrected chi connectivity index (χ2v) is 6.92. The van der Waals surface area contributed by atoms with Gasteiger partial charge in [-0.3, -0.25) is 14.9 Å². The van der Waals surface area contributed by atoms with Gasteiger partial charge in [-0.1, -0.05) is 0 Å². The Kier molecular flexibility index (Phi) is 4.61. The summed E-state index contributed by atoms with van der Waals surface area (Å²) in [6.45, 7) is 3.68. The molecule has 1 aromatic heterocycles. The van der Waals surface area contributed by atoms with Crippen LogP contribution in [-0.2, 0) is 9.59 Å². The van der Waals surface area contributed by atoms with Crippen LogP contribution in [0.15, 0.2) is 5.38 Å². The Morgan fingerprint density at radius 3 is 2.96 bits per heavy atom. The topological polar surface area (TPSA) is 82.6 Å². The number of hydrogen-bond acceptors (Lipinski definition) is 5. The number of carbonyl (C=O) groups excluding carboxylic acids is 3. The van der Waals surface area contributed by atoms with E-state index in [1.54, 1.807) is 11.3 Å². The van der Waals surface area contributed by atoms with Crippen LogP contribution in [0, 0.1) is 6.92 Å². The fourth-order valence-electron chi connectivity index (χ4n) is 2.98. The summed E-state index contributed by atoms with van der Waals surface area (Å²) in [5.74, 6) is -0.0634. The van der Waals surface area contributed by atoms with Gasteiger partial charge in [-0.05, 0) is 19.8 Å². The van der Waals surface area contributed by atoms with E-state index in [2.05, 4.69) is 10.3 Å². The Labute approximate surface area is 138 Å². The van der Waals surface area contributed by atoms with E-state index in [0.717, 1.165) is 23.5 Å². The summed E-state index contributed by atoms with van der Waals surface area (Å²) in [6.07, 6.45) is 2.23. The molecule has 124 valence electrons. The smallest absolute Gasteiger partial charge is 0.324 e. The Morgan fingerprint density at radius 1 is 1.43 bits per heavy atom. The van der Waals surface area contributed by atoms with Crippen LogP contribution < -0.4 is 5.32 Å². The molecule has 2 aliphatic rings. The molecule has 0 unspecified atom stereocenters. The standard InChI is InChI=1S/C15H20N4O3S/c1-10-9-23-14(16-10)11-3-2-5-18(7-11)13(21)8-19-6-4-12(20)17-15(19)22/h9,11H,2-8H2,1H3,(H,17,20,22)/t11-/m0/s1. The lowest BCUT2D eigenvalue weighted by Crippen LogP contribution is -2.53. The summed E-state index contributed by atoms with van der Waals surface area (Å²) in [5.41, 5.74) is 1.02. The molecule has 3 rings (SSSR count). The molecular weight excluding hydrogens is 316 g/mol. The van der Waals surface area contributed by atoms with E-state index in [1.165, 1.54) is 4.90 Å². The number of hydrogen-bond donors (Lipinski definition) is 1. The third-order valence-electron chi connectivity index (χ3n) is 4.23.